The molecule has 7 heteroatoms. The van der Waals surface area contributed by atoms with E-state index in [4.69, 9.17) is 14.2 Å². The van der Waals surface area contributed by atoms with E-state index in [9.17, 15) is 14.0 Å². The van der Waals surface area contributed by atoms with Crippen molar-refractivity contribution in [3.63, 3.8) is 0 Å². The van der Waals surface area contributed by atoms with Crippen molar-refractivity contribution in [3.8, 4) is 11.5 Å². The van der Waals surface area contributed by atoms with Gasteiger partial charge in [-0.05, 0) is 69.2 Å². The molecule has 0 fully saturated rings. The summed E-state index contributed by atoms with van der Waals surface area (Å²) in [4.78, 5) is 24.2. The minimum atomic E-state index is -1.05. The number of anilines is 1. The van der Waals surface area contributed by atoms with E-state index in [0.717, 1.165) is 0 Å². The minimum absolute atomic E-state index is 0.000642. The van der Waals surface area contributed by atoms with Gasteiger partial charge < -0.3 is 19.5 Å². The van der Waals surface area contributed by atoms with Crippen LogP contribution in [0.15, 0.2) is 42.5 Å². The van der Waals surface area contributed by atoms with Crippen molar-refractivity contribution >= 4 is 23.6 Å². The van der Waals surface area contributed by atoms with E-state index < -0.39 is 23.8 Å². The van der Waals surface area contributed by atoms with Gasteiger partial charge in [0.2, 0.25) is 0 Å². The third kappa shape index (κ3) is 6.62. The summed E-state index contributed by atoms with van der Waals surface area (Å²) in [6, 6.07) is 9.58. The number of nitrogens with one attached hydrogen (secondary N) is 1. The third-order valence-electron chi connectivity index (χ3n) is 4.06. The Morgan fingerprint density at radius 3 is 2.43 bits per heavy atom. The Morgan fingerprint density at radius 1 is 1.07 bits per heavy atom. The fraction of sp³-hybridized carbons (Fsp3) is 0.304. The molecule has 0 heterocycles. The third-order valence-corrected chi connectivity index (χ3v) is 4.06. The predicted octanol–water partition coefficient (Wildman–Crippen LogP) is 4.51. The van der Waals surface area contributed by atoms with Crippen molar-refractivity contribution in [1.82, 2.24) is 0 Å². The highest BCUT2D eigenvalue weighted by Gasteiger charge is 2.17. The Labute approximate surface area is 175 Å². The maximum atomic E-state index is 13.6. The maximum absolute atomic E-state index is 13.6. The number of ether oxygens (including phenoxy) is 3. The van der Waals surface area contributed by atoms with Crippen LogP contribution in [0.5, 0.6) is 11.5 Å². The summed E-state index contributed by atoms with van der Waals surface area (Å²) < 4.78 is 29.6. The fourth-order valence-electron chi connectivity index (χ4n) is 2.48. The first kappa shape index (κ1) is 22.9. The van der Waals surface area contributed by atoms with Crippen LogP contribution in [0, 0.1) is 12.7 Å². The molecule has 1 atom stereocenters. The molecule has 0 aliphatic carbocycles. The van der Waals surface area contributed by atoms with Crippen molar-refractivity contribution in [2.45, 2.75) is 39.9 Å². The average Bonchev–Trinajstić information content (AvgIpc) is 2.69. The fourth-order valence-corrected chi connectivity index (χ4v) is 2.48. The van der Waals surface area contributed by atoms with Crippen LogP contribution in [-0.2, 0) is 14.3 Å². The van der Waals surface area contributed by atoms with Crippen LogP contribution in [0.3, 0.4) is 0 Å². The monoisotopic (exact) mass is 415 g/mol. The van der Waals surface area contributed by atoms with Gasteiger partial charge in [-0.25, -0.2) is 9.18 Å². The van der Waals surface area contributed by atoms with Gasteiger partial charge >= 0.3 is 5.97 Å². The van der Waals surface area contributed by atoms with E-state index in [0.29, 0.717) is 22.6 Å². The first-order valence-electron chi connectivity index (χ1n) is 9.50. The lowest BCUT2D eigenvalue weighted by Crippen LogP contribution is -2.29. The predicted molar refractivity (Wildman–Crippen MR) is 113 cm³/mol. The molecule has 30 heavy (non-hydrogen) atoms. The van der Waals surface area contributed by atoms with Gasteiger partial charge in [-0.3, -0.25) is 4.79 Å². The van der Waals surface area contributed by atoms with E-state index in [2.05, 4.69) is 5.32 Å². The Balaban J connectivity index is 1.96. The lowest BCUT2D eigenvalue weighted by molar-refractivity contribution is -0.148. The summed E-state index contributed by atoms with van der Waals surface area (Å²) in [6.07, 6.45) is 1.71. The molecule has 160 valence electrons. The highest BCUT2D eigenvalue weighted by atomic mass is 19.1. The van der Waals surface area contributed by atoms with E-state index in [1.165, 1.54) is 26.2 Å². The van der Waals surface area contributed by atoms with Crippen LogP contribution in [0.4, 0.5) is 10.1 Å². The molecule has 0 unspecified atom stereocenters. The van der Waals surface area contributed by atoms with Crippen LogP contribution in [-0.4, -0.2) is 31.2 Å². The lowest BCUT2D eigenvalue weighted by Gasteiger charge is -2.14. The van der Waals surface area contributed by atoms with Gasteiger partial charge in [-0.1, -0.05) is 12.1 Å². The maximum Gasteiger partial charge on any atom is 0.331 e. The Hall–Kier alpha value is -3.35. The summed E-state index contributed by atoms with van der Waals surface area (Å²) >= 11 is 0. The smallest absolute Gasteiger partial charge is 0.331 e. The molecule has 2 aromatic carbocycles. The zero-order valence-electron chi connectivity index (χ0n) is 17.7. The molecule has 1 amide bonds. The summed E-state index contributed by atoms with van der Waals surface area (Å²) in [5, 5.41) is 2.51. The molecule has 2 aromatic rings. The van der Waals surface area contributed by atoms with Gasteiger partial charge in [0.15, 0.2) is 17.6 Å². The number of esters is 1. The van der Waals surface area contributed by atoms with Crippen molar-refractivity contribution < 1.29 is 28.2 Å². The Morgan fingerprint density at radius 2 is 1.80 bits per heavy atom. The minimum Gasteiger partial charge on any atom is -0.493 e. The number of halogens is 1. The number of carbonyl (C=O) groups is 2. The number of hydrogen-bond donors (Lipinski definition) is 1. The molecular formula is C23H26FNO5. The molecule has 0 aliphatic heterocycles. The van der Waals surface area contributed by atoms with Crippen molar-refractivity contribution in [2.75, 3.05) is 12.4 Å². The normalized spacial score (nSPS) is 12.0. The number of hydrogen-bond acceptors (Lipinski definition) is 5. The molecule has 0 aliphatic rings. The van der Waals surface area contributed by atoms with Crippen molar-refractivity contribution in [2.24, 2.45) is 0 Å². The summed E-state index contributed by atoms with van der Waals surface area (Å²) in [7, 11) is 1.53. The molecule has 2 rings (SSSR count). The van der Waals surface area contributed by atoms with Gasteiger partial charge in [0.05, 0.1) is 13.2 Å². The Bertz CT molecular complexity index is 939. The van der Waals surface area contributed by atoms with Crippen molar-refractivity contribution in [3.05, 3.63) is 59.4 Å². The van der Waals surface area contributed by atoms with Crippen LogP contribution in [0.1, 0.15) is 31.9 Å². The van der Waals surface area contributed by atoms with Crippen molar-refractivity contribution in [1.29, 1.82) is 0 Å². The SMILES string of the molecule is COc1cc(/C=C/C(=O)O[C@@H](C)C(=O)Nc2ccc(C)c(F)c2)ccc1OC(C)C. The molecule has 0 saturated carbocycles. The molecule has 0 aromatic heterocycles. The molecule has 0 bridgehead atoms. The van der Waals surface area contributed by atoms with Crippen LogP contribution in [0.2, 0.25) is 0 Å². The zero-order chi connectivity index (χ0) is 22.3. The second kappa shape index (κ2) is 10.4. The zero-order valence-corrected chi connectivity index (χ0v) is 17.7. The summed E-state index contributed by atoms with van der Waals surface area (Å²) in [5.74, 6) is -0.533. The summed E-state index contributed by atoms with van der Waals surface area (Å²) in [6.45, 7) is 6.89. The van der Waals surface area contributed by atoms with Crippen LogP contribution < -0.4 is 14.8 Å². The number of rotatable bonds is 8. The second-order valence-electron chi connectivity index (χ2n) is 6.94. The van der Waals surface area contributed by atoms with E-state index in [1.54, 1.807) is 43.3 Å². The number of amides is 1. The largest absolute Gasteiger partial charge is 0.493 e. The first-order chi connectivity index (χ1) is 14.2. The number of methoxy groups -OCH3 is 1. The highest BCUT2D eigenvalue weighted by Crippen LogP contribution is 2.29. The number of carbonyl (C=O) groups excluding carboxylic acids is 2. The molecular weight excluding hydrogens is 389 g/mol. The number of benzene rings is 2. The molecule has 0 radical (unpaired) electrons. The highest BCUT2D eigenvalue weighted by molar-refractivity contribution is 5.96. The van der Waals surface area contributed by atoms with Crippen LogP contribution in [0.25, 0.3) is 6.08 Å². The van der Waals surface area contributed by atoms with Crippen LogP contribution >= 0.6 is 0 Å². The molecule has 1 N–H and O–H groups in total. The van der Waals surface area contributed by atoms with E-state index >= 15 is 0 Å². The lowest BCUT2D eigenvalue weighted by atomic mass is 10.2. The molecule has 0 saturated heterocycles. The first-order valence-corrected chi connectivity index (χ1v) is 9.50. The quantitative estimate of drug-likeness (QED) is 0.507. The van der Waals surface area contributed by atoms with Gasteiger partial charge in [0.1, 0.15) is 5.82 Å². The summed E-state index contributed by atoms with van der Waals surface area (Å²) in [5.41, 5.74) is 1.46. The van der Waals surface area contributed by atoms with Gasteiger partial charge in [-0.2, -0.15) is 0 Å². The Kier molecular flexibility index (Phi) is 7.98. The van der Waals surface area contributed by atoms with Gasteiger partial charge in [0.25, 0.3) is 5.91 Å². The molecule has 6 nitrogen and oxygen atoms in total. The molecule has 0 spiro atoms. The van der Waals surface area contributed by atoms with Gasteiger partial charge in [-0.15, -0.1) is 0 Å². The second-order valence-corrected chi connectivity index (χ2v) is 6.94. The van der Waals surface area contributed by atoms with Gasteiger partial charge in [0, 0.05) is 11.8 Å². The average molecular weight is 415 g/mol. The number of aryl methyl sites for hydroxylation is 1. The standard InChI is InChI=1S/C23H26FNO5/c1-14(2)29-20-10-7-17(12-21(20)28-5)8-11-22(26)30-16(4)23(27)25-18-9-6-15(3)19(24)13-18/h6-14,16H,1-5H3,(H,25,27)/b11-8+/t16-/m0/s1. The van der Waals surface area contributed by atoms with E-state index in [1.807, 2.05) is 13.8 Å². The topological polar surface area (TPSA) is 73.9 Å². The van der Waals surface area contributed by atoms with E-state index in [-0.39, 0.29) is 11.8 Å².